The number of rotatable bonds is 4. The largest absolute Gasteiger partial charge is 0.346 e. The van der Waals surface area contributed by atoms with E-state index in [1.54, 1.807) is 43.5 Å². The van der Waals surface area contributed by atoms with Crippen LogP contribution in [0.1, 0.15) is 34.2 Å². The molecule has 9 nitrogen and oxygen atoms in total. The maximum absolute atomic E-state index is 12.6. The number of nitrogens with zero attached hydrogens (tertiary/aromatic N) is 6. The molecule has 1 fully saturated rings. The highest BCUT2D eigenvalue weighted by Gasteiger charge is 2.31. The van der Waals surface area contributed by atoms with Crippen LogP contribution in [0.3, 0.4) is 0 Å². The Bertz CT molecular complexity index is 1030. The van der Waals surface area contributed by atoms with Gasteiger partial charge in [0.05, 0.1) is 17.8 Å². The van der Waals surface area contributed by atoms with Crippen molar-refractivity contribution in [3.05, 3.63) is 59.8 Å². The smallest absolute Gasteiger partial charge is 0.319 e. The van der Waals surface area contributed by atoms with Gasteiger partial charge in [-0.25, -0.2) is 4.79 Å². The van der Waals surface area contributed by atoms with Crippen molar-refractivity contribution in [1.82, 2.24) is 34.7 Å². The molecule has 1 N–H and O–H groups in total. The summed E-state index contributed by atoms with van der Waals surface area (Å²) < 4.78 is 1.85. The lowest BCUT2D eigenvalue weighted by Crippen LogP contribution is -2.37. The molecule has 0 aromatic carbocycles. The minimum Gasteiger partial charge on any atom is -0.346 e. The Hall–Kier alpha value is -3.49. The average molecular weight is 393 g/mol. The molecule has 0 radical (unpaired) electrons. The predicted molar refractivity (Wildman–Crippen MR) is 106 cm³/mol. The van der Waals surface area contributed by atoms with E-state index in [1.807, 2.05) is 27.5 Å². The first-order valence-corrected chi connectivity index (χ1v) is 9.52. The normalized spacial score (nSPS) is 16.2. The SMILES string of the molecule is CN(C)C(=O)N1CC[C@@H](c2nnc3ccc(C(=O)NCc4ccccn4)cn23)C1. The number of fused-ring (bicyclic) bond motifs is 1. The molecule has 0 unspecified atom stereocenters. The van der Waals surface area contributed by atoms with Gasteiger partial charge in [-0.3, -0.25) is 14.2 Å². The second kappa shape index (κ2) is 7.86. The predicted octanol–water partition coefficient (Wildman–Crippen LogP) is 1.53. The van der Waals surface area contributed by atoms with E-state index in [-0.39, 0.29) is 17.9 Å². The van der Waals surface area contributed by atoms with Crippen LogP contribution in [-0.2, 0) is 6.54 Å². The van der Waals surface area contributed by atoms with Crippen molar-refractivity contribution in [2.24, 2.45) is 0 Å². The zero-order valence-electron chi connectivity index (χ0n) is 16.4. The number of carbonyl (C=O) groups excluding carboxylic acids is 2. The first-order chi connectivity index (χ1) is 14.0. The van der Waals surface area contributed by atoms with E-state index in [9.17, 15) is 9.59 Å². The van der Waals surface area contributed by atoms with Gasteiger partial charge in [0.2, 0.25) is 0 Å². The maximum Gasteiger partial charge on any atom is 0.319 e. The Morgan fingerprint density at radius 1 is 1.21 bits per heavy atom. The highest BCUT2D eigenvalue weighted by molar-refractivity contribution is 5.94. The monoisotopic (exact) mass is 393 g/mol. The molecule has 150 valence electrons. The van der Waals surface area contributed by atoms with Gasteiger partial charge in [0.25, 0.3) is 5.91 Å². The molecule has 4 rings (SSSR count). The van der Waals surface area contributed by atoms with E-state index < -0.39 is 0 Å². The summed E-state index contributed by atoms with van der Waals surface area (Å²) in [7, 11) is 3.50. The molecule has 0 bridgehead atoms. The van der Waals surface area contributed by atoms with E-state index >= 15 is 0 Å². The molecular formula is C20H23N7O2. The van der Waals surface area contributed by atoms with E-state index in [1.165, 1.54) is 0 Å². The molecule has 4 heterocycles. The standard InChI is InChI=1S/C20H23N7O2/c1-25(2)20(29)26-10-8-14(12-26)18-24-23-17-7-6-15(13-27(17)18)19(28)22-11-16-5-3-4-9-21-16/h3-7,9,13-14H,8,10-12H2,1-2H3,(H,22,28)/t14-/m1/s1. The zero-order valence-corrected chi connectivity index (χ0v) is 16.4. The van der Waals surface area contributed by atoms with Crippen LogP contribution in [-0.4, -0.2) is 68.5 Å². The third kappa shape index (κ3) is 3.89. The average Bonchev–Trinajstić information content (AvgIpc) is 3.38. The van der Waals surface area contributed by atoms with Crippen molar-refractivity contribution < 1.29 is 9.59 Å². The summed E-state index contributed by atoms with van der Waals surface area (Å²) >= 11 is 0. The molecule has 1 atom stereocenters. The number of hydrogen-bond donors (Lipinski definition) is 1. The Morgan fingerprint density at radius 3 is 2.83 bits per heavy atom. The summed E-state index contributed by atoms with van der Waals surface area (Å²) in [6.07, 6.45) is 4.27. The van der Waals surface area contributed by atoms with E-state index in [4.69, 9.17) is 0 Å². The molecule has 1 aliphatic rings. The van der Waals surface area contributed by atoms with Crippen LogP contribution >= 0.6 is 0 Å². The summed E-state index contributed by atoms with van der Waals surface area (Å²) in [6.45, 7) is 1.63. The van der Waals surface area contributed by atoms with Crippen molar-refractivity contribution in [2.45, 2.75) is 18.9 Å². The number of nitrogens with one attached hydrogen (secondary N) is 1. The molecule has 1 aliphatic heterocycles. The van der Waals surface area contributed by atoms with Crippen LogP contribution < -0.4 is 5.32 Å². The third-order valence-electron chi connectivity index (χ3n) is 5.05. The number of amides is 3. The fourth-order valence-electron chi connectivity index (χ4n) is 3.52. The lowest BCUT2D eigenvalue weighted by molar-refractivity contribution is 0.0950. The van der Waals surface area contributed by atoms with Gasteiger partial charge in [-0.15, -0.1) is 10.2 Å². The van der Waals surface area contributed by atoms with Gasteiger partial charge >= 0.3 is 6.03 Å². The van der Waals surface area contributed by atoms with Gasteiger partial charge in [-0.05, 0) is 30.7 Å². The summed E-state index contributed by atoms with van der Waals surface area (Å²) in [6, 6.07) is 9.10. The van der Waals surface area contributed by atoms with Crippen LogP contribution in [0.25, 0.3) is 5.65 Å². The van der Waals surface area contributed by atoms with E-state index in [0.29, 0.717) is 30.8 Å². The van der Waals surface area contributed by atoms with Crippen LogP contribution in [0, 0.1) is 0 Å². The Labute approximate surface area is 168 Å². The van der Waals surface area contributed by atoms with E-state index in [0.717, 1.165) is 17.9 Å². The molecule has 3 amide bonds. The summed E-state index contributed by atoms with van der Waals surface area (Å²) in [4.78, 5) is 32.4. The molecule has 0 saturated carbocycles. The number of hydrogen-bond acceptors (Lipinski definition) is 5. The van der Waals surface area contributed by atoms with Crippen LogP contribution in [0.2, 0.25) is 0 Å². The number of aromatic nitrogens is 4. The molecule has 9 heteroatoms. The maximum atomic E-state index is 12.6. The molecule has 0 spiro atoms. The van der Waals surface area contributed by atoms with Gasteiger partial charge in [0.15, 0.2) is 5.65 Å². The first-order valence-electron chi connectivity index (χ1n) is 9.52. The topological polar surface area (TPSA) is 95.7 Å². The molecule has 3 aromatic rings. The number of pyridine rings is 2. The first kappa shape index (κ1) is 18.9. The number of likely N-dealkylation sites (tertiary alicyclic amines) is 1. The lowest BCUT2D eigenvalue weighted by Gasteiger charge is -2.21. The fraction of sp³-hybridized carbons (Fsp3) is 0.350. The van der Waals surface area contributed by atoms with Gasteiger partial charge in [0.1, 0.15) is 5.82 Å². The molecular weight excluding hydrogens is 370 g/mol. The van der Waals surface area contributed by atoms with Crippen molar-refractivity contribution in [3.63, 3.8) is 0 Å². The summed E-state index contributed by atoms with van der Waals surface area (Å²) in [5.41, 5.74) is 2.00. The quantitative estimate of drug-likeness (QED) is 0.725. The Morgan fingerprint density at radius 2 is 2.07 bits per heavy atom. The number of carbonyl (C=O) groups is 2. The van der Waals surface area contributed by atoms with Crippen molar-refractivity contribution in [2.75, 3.05) is 27.2 Å². The third-order valence-corrected chi connectivity index (χ3v) is 5.05. The van der Waals surface area contributed by atoms with Crippen molar-refractivity contribution in [3.8, 4) is 0 Å². The second-order valence-corrected chi connectivity index (χ2v) is 7.32. The second-order valence-electron chi connectivity index (χ2n) is 7.32. The summed E-state index contributed by atoms with van der Waals surface area (Å²) in [5, 5.41) is 11.4. The van der Waals surface area contributed by atoms with Crippen molar-refractivity contribution in [1.29, 1.82) is 0 Å². The fourth-order valence-corrected chi connectivity index (χ4v) is 3.52. The molecule has 29 heavy (non-hydrogen) atoms. The van der Waals surface area contributed by atoms with Gasteiger partial charge in [-0.2, -0.15) is 0 Å². The van der Waals surface area contributed by atoms with Crippen LogP contribution in [0.5, 0.6) is 0 Å². The Balaban J connectivity index is 1.51. The minimum atomic E-state index is -0.187. The van der Waals surface area contributed by atoms with Gasteiger partial charge in [-0.1, -0.05) is 6.07 Å². The Kier molecular flexibility index (Phi) is 5.11. The molecule has 0 aliphatic carbocycles. The number of urea groups is 1. The zero-order chi connectivity index (χ0) is 20.4. The van der Waals surface area contributed by atoms with E-state index in [2.05, 4.69) is 20.5 Å². The minimum absolute atomic E-state index is 0.00379. The lowest BCUT2D eigenvalue weighted by atomic mass is 10.1. The highest BCUT2D eigenvalue weighted by Crippen LogP contribution is 2.27. The summed E-state index contributed by atoms with van der Waals surface area (Å²) in [5.74, 6) is 0.669. The van der Waals surface area contributed by atoms with Crippen LogP contribution in [0.4, 0.5) is 4.79 Å². The van der Waals surface area contributed by atoms with Crippen LogP contribution in [0.15, 0.2) is 42.7 Å². The molecule has 3 aromatic heterocycles. The van der Waals surface area contributed by atoms with Gasteiger partial charge in [0, 0.05) is 45.5 Å². The highest BCUT2D eigenvalue weighted by atomic mass is 16.2. The van der Waals surface area contributed by atoms with Gasteiger partial charge < -0.3 is 15.1 Å². The van der Waals surface area contributed by atoms with Crippen molar-refractivity contribution >= 4 is 17.6 Å². The molecule has 1 saturated heterocycles.